The maximum atomic E-state index is 10.8. The molecule has 0 heterocycles. The van der Waals surface area contributed by atoms with Gasteiger partial charge >= 0.3 is 7.12 Å². The van der Waals surface area contributed by atoms with Crippen molar-refractivity contribution in [3.63, 3.8) is 0 Å². The smallest absolute Gasteiger partial charge is 0.423 e. The van der Waals surface area contributed by atoms with Crippen LogP contribution in [0.3, 0.4) is 0 Å². The van der Waals surface area contributed by atoms with Crippen molar-refractivity contribution < 1.29 is 14.8 Å². The van der Waals surface area contributed by atoms with E-state index in [-0.39, 0.29) is 5.47 Å². The molecule has 14 heavy (non-hydrogen) atoms. The SMILES string of the molecule is NC(=O)C(=Cc1ccccc1)B(O)O. The third-order valence-electron chi connectivity index (χ3n) is 1.68. The Kier molecular flexibility index (Phi) is 3.44. The molecule has 0 bridgehead atoms. The van der Waals surface area contributed by atoms with Crippen LogP contribution >= 0.6 is 0 Å². The maximum Gasteiger partial charge on any atom is 0.494 e. The molecule has 0 saturated carbocycles. The Morgan fingerprint density at radius 1 is 1.29 bits per heavy atom. The van der Waals surface area contributed by atoms with Gasteiger partial charge in [-0.15, -0.1) is 0 Å². The van der Waals surface area contributed by atoms with E-state index in [1.165, 1.54) is 6.08 Å². The molecule has 0 unspecified atom stereocenters. The number of benzene rings is 1. The number of nitrogens with two attached hydrogens (primary N) is 1. The molecule has 4 nitrogen and oxygen atoms in total. The first-order valence-corrected chi connectivity index (χ1v) is 4.04. The van der Waals surface area contributed by atoms with E-state index in [1.54, 1.807) is 24.3 Å². The zero-order valence-electron chi connectivity index (χ0n) is 7.42. The van der Waals surface area contributed by atoms with Crippen LogP contribution in [0.1, 0.15) is 5.56 Å². The Labute approximate surface area is 81.8 Å². The number of primary amides is 1. The minimum Gasteiger partial charge on any atom is -0.423 e. The van der Waals surface area contributed by atoms with Gasteiger partial charge in [-0.2, -0.15) is 0 Å². The second kappa shape index (κ2) is 4.60. The van der Waals surface area contributed by atoms with Gasteiger partial charge in [0.15, 0.2) is 0 Å². The normalized spacial score (nSPS) is 11.1. The molecule has 0 atom stereocenters. The molecule has 0 aliphatic rings. The molecule has 1 amide bonds. The van der Waals surface area contributed by atoms with Crippen LogP contribution in [0.4, 0.5) is 0 Å². The van der Waals surface area contributed by atoms with Gasteiger partial charge in [0.05, 0.1) is 0 Å². The van der Waals surface area contributed by atoms with Gasteiger partial charge in [0, 0.05) is 5.47 Å². The molecular formula is C9H10BNO3. The van der Waals surface area contributed by atoms with Crippen LogP contribution in [0.5, 0.6) is 0 Å². The molecule has 1 aromatic rings. The van der Waals surface area contributed by atoms with E-state index in [0.29, 0.717) is 5.56 Å². The quantitative estimate of drug-likeness (QED) is 0.447. The standard InChI is InChI=1S/C9H10BNO3/c11-9(12)8(10(13)14)6-7-4-2-1-3-5-7/h1-6,13-14H,(H2,11,12). The molecule has 0 aliphatic carbocycles. The molecular weight excluding hydrogens is 181 g/mol. The van der Waals surface area contributed by atoms with E-state index < -0.39 is 13.0 Å². The summed E-state index contributed by atoms with van der Waals surface area (Å²) in [7, 11) is -1.84. The predicted octanol–water partition coefficient (Wildman–Crippen LogP) is -0.433. The third-order valence-corrected chi connectivity index (χ3v) is 1.68. The van der Waals surface area contributed by atoms with Gasteiger partial charge in [-0.05, 0) is 11.6 Å². The molecule has 0 radical (unpaired) electrons. The highest BCUT2D eigenvalue weighted by Gasteiger charge is 2.19. The molecule has 0 fully saturated rings. The monoisotopic (exact) mass is 191 g/mol. The van der Waals surface area contributed by atoms with Crippen molar-refractivity contribution in [2.45, 2.75) is 0 Å². The highest BCUT2D eigenvalue weighted by Crippen LogP contribution is 2.06. The highest BCUT2D eigenvalue weighted by molar-refractivity contribution is 6.59. The Bertz CT molecular complexity index is 348. The van der Waals surface area contributed by atoms with Gasteiger partial charge in [0.25, 0.3) is 0 Å². The summed E-state index contributed by atoms with van der Waals surface area (Å²) in [6, 6.07) is 8.82. The van der Waals surface area contributed by atoms with Crippen molar-refractivity contribution in [1.82, 2.24) is 0 Å². The van der Waals surface area contributed by atoms with E-state index in [0.717, 1.165) is 0 Å². The van der Waals surface area contributed by atoms with Crippen molar-refractivity contribution in [1.29, 1.82) is 0 Å². The Morgan fingerprint density at radius 2 is 1.86 bits per heavy atom. The van der Waals surface area contributed by atoms with E-state index >= 15 is 0 Å². The zero-order valence-corrected chi connectivity index (χ0v) is 7.42. The van der Waals surface area contributed by atoms with Crippen molar-refractivity contribution in [3.8, 4) is 0 Å². The predicted molar refractivity (Wildman–Crippen MR) is 53.8 cm³/mol. The van der Waals surface area contributed by atoms with Crippen molar-refractivity contribution in [2.75, 3.05) is 0 Å². The first-order valence-electron chi connectivity index (χ1n) is 4.04. The van der Waals surface area contributed by atoms with Gasteiger partial charge in [-0.25, -0.2) is 0 Å². The molecule has 0 saturated heterocycles. The van der Waals surface area contributed by atoms with Crippen LogP contribution in [-0.2, 0) is 4.79 Å². The van der Waals surface area contributed by atoms with Crippen LogP contribution < -0.4 is 5.73 Å². The number of amides is 1. The summed E-state index contributed by atoms with van der Waals surface area (Å²) in [5, 5.41) is 17.7. The second-order valence-electron chi connectivity index (χ2n) is 2.75. The van der Waals surface area contributed by atoms with Gasteiger partial charge in [-0.1, -0.05) is 30.3 Å². The molecule has 5 heteroatoms. The summed E-state index contributed by atoms with van der Waals surface area (Å²) in [5.74, 6) is -0.844. The highest BCUT2D eigenvalue weighted by atomic mass is 16.4. The molecule has 1 rings (SSSR count). The van der Waals surface area contributed by atoms with E-state index in [2.05, 4.69) is 0 Å². The summed E-state index contributed by atoms with van der Waals surface area (Å²) in [5.41, 5.74) is 5.42. The lowest BCUT2D eigenvalue weighted by molar-refractivity contribution is -0.114. The largest absolute Gasteiger partial charge is 0.494 e. The lowest BCUT2D eigenvalue weighted by Crippen LogP contribution is -2.27. The number of rotatable bonds is 3. The molecule has 0 aromatic heterocycles. The van der Waals surface area contributed by atoms with Crippen LogP contribution in [0.25, 0.3) is 6.08 Å². The van der Waals surface area contributed by atoms with Crippen molar-refractivity contribution in [2.24, 2.45) is 5.73 Å². The van der Waals surface area contributed by atoms with Gasteiger partial charge in [0.2, 0.25) is 5.91 Å². The van der Waals surface area contributed by atoms with Crippen molar-refractivity contribution in [3.05, 3.63) is 41.4 Å². The third kappa shape index (κ3) is 2.72. The minimum absolute atomic E-state index is 0.226. The number of carbonyl (C=O) groups excluding carboxylic acids is 1. The Balaban J connectivity index is 3.00. The molecule has 72 valence electrons. The van der Waals surface area contributed by atoms with E-state index in [9.17, 15) is 4.79 Å². The number of hydrogen-bond acceptors (Lipinski definition) is 3. The zero-order chi connectivity index (χ0) is 10.6. The maximum absolute atomic E-state index is 10.8. The summed E-state index contributed by atoms with van der Waals surface area (Å²) in [6.45, 7) is 0. The van der Waals surface area contributed by atoms with Crippen LogP contribution in [-0.4, -0.2) is 23.1 Å². The summed E-state index contributed by atoms with van der Waals surface area (Å²) < 4.78 is 0. The minimum atomic E-state index is -1.84. The van der Waals surface area contributed by atoms with Crippen LogP contribution in [0, 0.1) is 0 Å². The van der Waals surface area contributed by atoms with E-state index in [1.807, 2.05) is 6.07 Å². The fraction of sp³-hybridized carbons (Fsp3) is 0. The Morgan fingerprint density at radius 3 is 2.29 bits per heavy atom. The fourth-order valence-electron chi connectivity index (χ4n) is 1.00. The molecule has 0 spiro atoms. The molecule has 4 N–H and O–H groups in total. The van der Waals surface area contributed by atoms with Gasteiger partial charge < -0.3 is 15.8 Å². The van der Waals surface area contributed by atoms with Gasteiger partial charge in [-0.3, -0.25) is 4.79 Å². The average molecular weight is 191 g/mol. The second-order valence-corrected chi connectivity index (χ2v) is 2.75. The number of hydrogen-bond donors (Lipinski definition) is 3. The summed E-state index contributed by atoms with van der Waals surface area (Å²) in [4.78, 5) is 10.8. The first kappa shape index (κ1) is 10.5. The van der Waals surface area contributed by atoms with Crippen LogP contribution in [0.2, 0.25) is 0 Å². The average Bonchev–Trinajstić information content (AvgIpc) is 2.15. The van der Waals surface area contributed by atoms with Crippen LogP contribution in [0.15, 0.2) is 35.8 Å². The lowest BCUT2D eigenvalue weighted by atomic mass is 9.78. The molecule has 0 aliphatic heterocycles. The lowest BCUT2D eigenvalue weighted by Gasteiger charge is -2.00. The number of carbonyl (C=O) groups is 1. The Hall–Kier alpha value is -1.59. The molecule has 1 aromatic carbocycles. The van der Waals surface area contributed by atoms with E-state index in [4.69, 9.17) is 15.8 Å². The van der Waals surface area contributed by atoms with Crippen molar-refractivity contribution >= 4 is 19.1 Å². The summed E-state index contributed by atoms with van der Waals surface area (Å²) >= 11 is 0. The topological polar surface area (TPSA) is 83.6 Å². The first-order chi connectivity index (χ1) is 6.61. The van der Waals surface area contributed by atoms with Gasteiger partial charge in [0.1, 0.15) is 0 Å². The fourth-order valence-corrected chi connectivity index (χ4v) is 1.00. The summed E-state index contributed by atoms with van der Waals surface area (Å²) in [6.07, 6.45) is 1.34.